The van der Waals surface area contributed by atoms with E-state index >= 15 is 0 Å². The summed E-state index contributed by atoms with van der Waals surface area (Å²) in [6.07, 6.45) is 1.69. The third-order valence-electron chi connectivity index (χ3n) is 3.52. The van der Waals surface area contributed by atoms with Crippen LogP contribution in [-0.4, -0.2) is 23.0 Å². The molecule has 1 N–H and O–H groups in total. The Labute approximate surface area is 128 Å². The van der Waals surface area contributed by atoms with Gasteiger partial charge in [-0.25, -0.2) is 23.1 Å². The molecule has 0 bridgehead atoms. The second kappa shape index (κ2) is 5.51. The smallest absolute Gasteiger partial charge is 0.241 e. The fourth-order valence-corrected chi connectivity index (χ4v) is 3.55. The molecule has 0 fully saturated rings. The number of hydrogen-bond donors (Lipinski definition) is 1. The molecule has 0 aliphatic rings. The van der Waals surface area contributed by atoms with Crippen LogP contribution in [0.15, 0.2) is 47.5 Å². The number of nitrogens with zero attached hydrogens (tertiary/aromatic N) is 3. The van der Waals surface area contributed by atoms with Gasteiger partial charge in [0.2, 0.25) is 10.0 Å². The normalized spacial score (nSPS) is 11.9. The molecular formula is C15H16N4O2S. The number of rotatable bonds is 4. The summed E-state index contributed by atoms with van der Waals surface area (Å²) in [6.45, 7) is 1.89. The Morgan fingerprint density at radius 3 is 2.68 bits per heavy atom. The SMILES string of the molecule is Cc1ccccc1S(=O)(=O)NCc1nc2cccnc2n1C. The van der Waals surface area contributed by atoms with Gasteiger partial charge in [0.1, 0.15) is 11.3 Å². The summed E-state index contributed by atoms with van der Waals surface area (Å²) in [5.41, 5.74) is 2.18. The Morgan fingerprint density at radius 2 is 1.95 bits per heavy atom. The van der Waals surface area contributed by atoms with Crippen LogP contribution in [0.25, 0.3) is 11.2 Å². The van der Waals surface area contributed by atoms with Crippen LogP contribution in [0.3, 0.4) is 0 Å². The van der Waals surface area contributed by atoms with Crippen LogP contribution in [0.2, 0.25) is 0 Å². The quantitative estimate of drug-likeness (QED) is 0.795. The van der Waals surface area contributed by atoms with Crippen molar-refractivity contribution in [3.63, 3.8) is 0 Å². The fraction of sp³-hybridized carbons (Fsp3) is 0.200. The van der Waals surface area contributed by atoms with Gasteiger partial charge in [0.05, 0.1) is 11.4 Å². The maximum atomic E-state index is 12.4. The van der Waals surface area contributed by atoms with Crippen LogP contribution >= 0.6 is 0 Å². The molecule has 2 aromatic heterocycles. The van der Waals surface area contributed by atoms with E-state index in [1.54, 1.807) is 42.0 Å². The van der Waals surface area contributed by atoms with Crippen LogP contribution in [0.4, 0.5) is 0 Å². The van der Waals surface area contributed by atoms with E-state index in [2.05, 4.69) is 14.7 Å². The highest BCUT2D eigenvalue weighted by Gasteiger charge is 2.17. The number of imidazole rings is 1. The van der Waals surface area contributed by atoms with Gasteiger partial charge in [-0.15, -0.1) is 0 Å². The predicted molar refractivity (Wildman–Crippen MR) is 83.7 cm³/mol. The molecule has 0 saturated heterocycles. The van der Waals surface area contributed by atoms with E-state index in [9.17, 15) is 8.42 Å². The Balaban J connectivity index is 1.88. The molecule has 2 heterocycles. The molecule has 0 atom stereocenters. The van der Waals surface area contributed by atoms with E-state index < -0.39 is 10.0 Å². The largest absolute Gasteiger partial charge is 0.315 e. The summed E-state index contributed by atoms with van der Waals surface area (Å²) in [5, 5.41) is 0. The maximum absolute atomic E-state index is 12.4. The molecule has 0 radical (unpaired) electrons. The Morgan fingerprint density at radius 1 is 1.18 bits per heavy atom. The van der Waals surface area contributed by atoms with Gasteiger partial charge in [-0.05, 0) is 30.7 Å². The minimum absolute atomic E-state index is 0.115. The summed E-state index contributed by atoms with van der Waals surface area (Å²) < 4.78 is 29.2. The minimum atomic E-state index is -3.57. The zero-order valence-electron chi connectivity index (χ0n) is 12.3. The van der Waals surface area contributed by atoms with E-state index in [0.717, 1.165) is 11.2 Å². The highest BCUT2D eigenvalue weighted by molar-refractivity contribution is 7.89. The molecule has 0 saturated carbocycles. The third kappa shape index (κ3) is 2.60. The molecule has 0 aliphatic carbocycles. The highest BCUT2D eigenvalue weighted by Crippen LogP contribution is 2.15. The zero-order valence-corrected chi connectivity index (χ0v) is 13.1. The van der Waals surface area contributed by atoms with Crippen molar-refractivity contribution in [1.82, 2.24) is 19.3 Å². The molecule has 7 heteroatoms. The van der Waals surface area contributed by atoms with E-state index in [-0.39, 0.29) is 11.4 Å². The lowest BCUT2D eigenvalue weighted by molar-refractivity contribution is 0.577. The highest BCUT2D eigenvalue weighted by atomic mass is 32.2. The predicted octanol–water partition coefficient (Wildman–Crippen LogP) is 1.76. The van der Waals surface area contributed by atoms with Crippen LogP contribution in [0, 0.1) is 6.92 Å². The summed E-state index contributed by atoms with van der Waals surface area (Å²) in [5.74, 6) is 0.617. The molecule has 114 valence electrons. The van der Waals surface area contributed by atoms with Crippen molar-refractivity contribution < 1.29 is 8.42 Å². The van der Waals surface area contributed by atoms with Gasteiger partial charge in [-0.3, -0.25) is 0 Å². The first kappa shape index (κ1) is 14.7. The fourth-order valence-electron chi connectivity index (χ4n) is 2.32. The van der Waals surface area contributed by atoms with Crippen molar-refractivity contribution >= 4 is 21.2 Å². The Hall–Kier alpha value is -2.25. The van der Waals surface area contributed by atoms with E-state index in [1.165, 1.54) is 0 Å². The number of aryl methyl sites for hydroxylation is 2. The summed E-state index contributed by atoms with van der Waals surface area (Å²) >= 11 is 0. The topological polar surface area (TPSA) is 76.9 Å². The molecule has 6 nitrogen and oxygen atoms in total. The first-order chi connectivity index (χ1) is 10.5. The molecule has 0 unspecified atom stereocenters. The minimum Gasteiger partial charge on any atom is -0.315 e. The molecule has 1 aromatic carbocycles. The number of aromatic nitrogens is 3. The zero-order chi connectivity index (χ0) is 15.7. The van der Waals surface area contributed by atoms with Crippen LogP contribution in [0.1, 0.15) is 11.4 Å². The number of hydrogen-bond acceptors (Lipinski definition) is 4. The Bertz CT molecular complexity index is 932. The van der Waals surface area contributed by atoms with Gasteiger partial charge in [0.15, 0.2) is 5.65 Å². The molecule has 22 heavy (non-hydrogen) atoms. The van der Waals surface area contributed by atoms with Gasteiger partial charge >= 0.3 is 0 Å². The van der Waals surface area contributed by atoms with E-state index in [1.807, 2.05) is 19.2 Å². The lowest BCUT2D eigenvalue weighted by Crippen LogP contribution is -2.25. The maximum Gasteiger partial charge on any atom is 0.241 e. The number of sulfonamides is 1. The average molecular weight is 316 g/mol. The van der Waals surface area contributed by atoms with Crippen molar-refractivity contribution in [1.29, 1.82) is 0 Å². The van der Waals surface area contributed by atoms with Gasteiger partial charge < -0.3 is 4.57 Å². The standard InChI is InChI=1S/C15H16N4O2S/c1-11-6-3-4-8-13(11)22(20,21)17-10-14-18-12-7-5-9-16-15(12)19(14)2/h3-9,17H,10H2,1-2H3. The molecular weight excluding hydrogens is 300 g/mol. The number of benzene rings is 1. The van der Waals surface area contributed by atoms with E-state index in [0.29, 0.717) is 11.4 Å². The number of pyridine rings is 1. The summed E-state index contributed by atoms with van der Waals surface area (Å²) in [4.78, 5) is 8.93. The first-order valence-electron chi connectivity index (χ1n) is 6.80. The van der Waals surface area contributed by atoms with Crippen LogP contribution in [-0.2, 0) is 23.6 Å². The van der Waals surface area contributed by atoms with Crippen molar-refractivity contribution in [2.24, 2.45) is 7.05 Å². The van der Waals surface area contributed by atoms with E-state index in [4.69, 9.17) is 0 Å². The van der Waals surface area contributed by atoms with Gasteiger partial charge in [0, 0.05) is 13.2 Å². The third-order valence-corrected chi connectivity index (χ3v) is 5.09. The van der Waals surface area contributed by atoms with Crippen LogP contribution < -0.4 is 4.72 Å². The van der Waals surface area contributed by atoms with Gasteiger partial charge in [0.25, 0.3) is 0 Å². The monoisotopic (exact) mass is 316 g/mol. The molecule has 0 amide bonds. The molecule has 3 aromatic rings. The van der Waals surface area contributed by atoms with Crippen molar-refractivity contribution in [2.75, 3.05) is 0 Å². The average Bonchev–Trinajstić information content (AvgIpc) is 2.83. The summed E-state index contributed by atoms with van der Waals surface area (Å²) in [7, 11) is -1.75. The van der Waals surface area contributed by atoms with Crippen LogP contribution in [0.5, 0.6) is 0 Å². The molecule has 0 spiro atoms. The lowest BCUT2D eigenvalue weighted by Gasteiger charge is -2.09. The molecule has 0 aliphatic heterocycles. The second-order valence-electron chi connectivity index (χ2n) is 5.02. The van der Waals surface area contributed by atoms with Crippen molar-refractivity contribution in [3.8, 4) is 0 Å². The van der Waals surface area contributed by atoms with Crippen molar-refractivity contribution in [2.45, 2.75) is 18.4 Å². The lowest BCUT2D eigenvalue weighted by atomic mass is 10.2. The first-order valence-corrected chi connectivity index (χ1v) is 8.29. The molecule has 3 rings (SSSR count). The Kier molecular flexibility index (Phi) is 3.67. The number of nitrogens with one attached hydrogen (secondary N) is 1. The number of fused-ring (bicyclic) bond motifs is 1. The second-order valence-corrected chi connectivity index (χ2v) is 6.76. The summed E-state index contributed by atoms with van der Waals surface area (Å²) in [6, 6.07) is 10.5. The van der Waals surface area contributed by atoms with Gasteiger partial charge in [-0.2, -0.15) is 0 Å². The van der Waals surface area contributed by atoms with Gasteiger partial charge in [-0.1, -0.05) is 18.2 Å². The van der Waals surface area contributed by atoms with Crippen molar-refractivity contribution in [3.05, 3.63) is 54.0 Å².